The lowest BCUT2D eigenvalue weighted by Crippen LogP contribution is -2.52. The Balaban J connectivity index is 2.65. The maximum absolute atomic E-state index is 12.5. The molecule has 18 heavy (non-hydrogen) atoms. The number of carbonyl (C=O) groups excluding carboxylic acids is 1. The highest BCUT2D eigenvalue weighted by atomic mass is 16.3. The van der Waals surface area contributed by atoms with Crippen LogP contribution in [0.3, 0.4) is 0 Å². The third kappa shape index (κ3) is 3.69. The van der Waals surface area contributed by atoms with Gasteiger partial charge in [-0.2, -0.15) is 0 Å². The van der Waals surface area contributed by atoms with Crippen LogP contribution in [0.1, 0.15) is 46.5 Å². The number of rotatable bonds is 6. The number of carbonyl (C=O) groups is 1. The molecule has 0 aromatic carbocycles. The normalized spacial score (nSPS) is 22.3. The van der Waals surface area contributed by atoms with Crippen molar-refractivity contribution in [3.8, 4) is 0 Å². The van der Waals surface area contributed by atoms with Gasteiger partial charge in [-0.1, -0.05) is 13.8 Å². The number of aliphatic hydroxyl groups excluding tert-OH is 1. The summed E-state index contributed by atoms with van der Waals surface area (Å²) in [6.45, 7) is 8.55. The molecule has 1 N–H and O–H groups in total. The standard InChI is InChI=1S/C14H28N2O2/c1-4-13-8-6-7-9-16(13)14(18)12(3)15(5-2)10-11-17/h12-13,17H,4-11H2,1-3H3. The first kappa shape index (κ1) is 15.4. The zero-order valence-electron chi connectivity index (χ0n) is 12.1. The summed E-state index contributed by atoms with van der Waals surface area (Å²) in [6, 6.07) is 0.302. The summed E-state index contributed by atoms with van der Waals surface area (Å²) in [5.74, 6) is 0.233. The number of likely N-dealkylation sites (tertiary alicyclic amines) is 1. The van der Waals surface area contributed by atoms with Gasteiger partial charge in [-0.15, -0.1) is 0 Å². The van der Waals surface area contributed by atoms with Crippen LogP contribution in [0.25, 0.3) is 0 Å². The van der Waals surface area contributed by atoms with Crippen molar-refractivity contribution in [1.29, 1.82) is 0 Å². The summed E-state index contributed by atoms with van der Waals surface area (Å²) in [7, 11) is 0. The summed E-state index contributed by atoms with van der Waals surface area (Å²) in [4.78, 5) is 16.7. The van der Waals surface area contributed by atoms with Crippen LogP contribution in [0.2, 0.25) is 0 Å². The molecule has 4 nitrogen and oxygen atoms in total. The second-order valence-electron chi connectivity index (χ2n) is 5.12. The zero-order valence-corrected chi connectivity index (χ0v) is 12.1. The minimum atomic E-state index is -0.116. The Hall–Kier alpha value is -0.610. The summed E-state index contributed by atoms with van der Waals surface area (Å²) in [5.41, 5.74) is 0. The predicted molar refractivity (Wildman–Crippen MR) is 73.4 cm³/mol. The second-order valence-corrected chi connectivity index (χ2v) is 5.12. The number of piperidine rings is 1. The van der Waals surface area contributed by atoms with E-state index in [9.17, 15) is 4.79 Å². The van der Waals surface area contributed by atoms with Gasteiger partial charge in [-0.3, -0.25) is 9.69 Å². The SMILES string of the molecule is CCC1CCCCN1C(=O)C(C)N(CC)CCO. The second kappa shape index (κ2) is 7.74. The van der Waals surface area contributed by atoms with Crippen molar-refractivity contribution in [2.45, 2.75) is 58.5 Å². The third-order valence-electron chi connectivity index (χ3n) is 4.08. The predicted octanol–water partition coefficient (Wildman–Crippen LogP) is 1.48. The monoisotopic (exact) mass is 256 g/mol. The van der Waals surface area contributed by atoms with Crippen molar-refractivity contribution < 1.29 is 9.90 Å². The van der Waals surface area contributed by atoms with Crippen LogP contribution in [0.4, 0.5) is 0 Å². The number of nitrogens with zero attached hydrogens (tertiary/aromatic N) is 2. The molecular formula is C14H28N2O2. The fraction of sp³-hybridized carbons (Fsp3) is 0.929. The minimum absolute atomic E-state index is 0.114. The number of amides is 1. The molecule has 2 unspecified atom stereocenters. The molecule has 1 aliphatic rings. The van der Waals surface area contributed by atoms with E-state index in [2.05, 4.69) is 11.8 Å². The molecule has 0 aromatic rings. The van der Waals surface area contributed by atoms with Crippen molar-refractivity contribution in [3.05, 3.63) is 0 Å². The molecule has 0 aromatic heterocycles. The van der Waals surface area contributed by atoms with Gasteiger partial charge in [0.25, 0.3) is 0 Å². The van der Waals surface area contributed by atoms with Crippen molar-refractivity contribution in [3.63, 3.8) is 0 Å². The summed E-state index contributed by atoms with van der Waals surface area (Å²) in [5, 5.41) is 9.04. The molecule has 4 heteroatoms. The Morgan fingerprint density at radius 1 is 1.44 bits per heavy atom. The van der Waals surface area contributed by atoms with E-state index in [1.165, 1.54) is 6.42 Å². The maximum atomic E-state index is 12.5. The van der Waals surface area contributed by atoms with Crippen molar-refractivity contribution in [1.82, 2.24) is 9.80 Å². The van der Waals surface area contributed by atoms with Gasteiger partial charge in [0.1, 0.15) is 0 Å². The number of hydrogen-bond acceptors (Lipinski definition) is 3. The Kier molecular flexibility index (Phi) is 6.65. The zero-order chi connectivity index (χ0) is 13.5. The van der Waals surface area contributed by atoms with Gasteiger partial charge in [0.15, 0.2) is 0 Å². The molecule has 1 aliphatic heterocycles. The van der Waals surface area contributed by atoms with Gasteiger partial charge < -0.3 is 10.0 Å². The Bertz CT molecular complexity index is 258. The highest BCUT2D eigenvalue weighted by molar-refractivity contribution is 5.81. The lowest BCUT2D eigenvalue weighted by atomic mass is 9.99. The largest absolute Gasteiger partial charge is 0.395 e. The highest BCUT2D eigenvalue weighted by Crippen LogP contribution is 2.21. The number of aliphatic hydroxyl groups is 1. The van der Waals surface area contributed by atoms with Crippen LogP contribution >= 0.6 is 0 Å². The van der Waals surface area contributed by atoms with Crippen LogP contribution in [0.15, 0.2) is 0 Å². The van der Waals surface area contributed by atoms with E-state index < -0.39 is 0 Å². The van der Waals surface area contributed by atoms with Crippen LogP contribution in [-0.2, 0) is 4.79 Å². The Morgan fingerprint density at radius 3 is 2.72 bits per heavy atom. The Labute approximate surface area is 111 Å². The van der Waals surface area contributed by atoms with Crippen molar-refractivity contribution in [2.24, 2.45) is 0 Å². The average Bonchev–Trinajstić information content (AvgIpc) is 2.43. The van der Waals surface area contributed by atoms with Gasteiger partial charge in [0.05, 0.1) is 12.6 Å². The quantitative estimate of drug-likeness (QED) is 0.783. The fourth-order valence-electron chi connectivity index (χ4n) is 2.87. The van der Waals surface area contributed by atoms with E-state index in [1.807, 2.05) is 18.7 Å². The molecule has 0 bridgehead atoms. The maximum Gasteiger partial charge on any atom is 0.239 e. The summed E-state index contributed by atoms with van der Waals surface area (Å²) >= 11 is 0. The molecule has 1 rings (SSSR count). The van der Waals surface area contributed by atoms with E-state index in [0.29, 0.717) is 12.6 Å². The lowest BCUT2D eigenvalue weighted by molar-refractivity contribution is -0.140. The number of likely N-dealkylation sites (N-methyl/N-ethyl adjacent to an activating group) is 1. The average molecular weight is 256 g/mol. The van der Waals surface area contributed by atoms with Crippen LogP contribution in [-0.4, -0.2) is 59.1 Å². The molecule has 1 heterocycles. The topological polar surface area (TPSA) is 43.8 Å². The molecule has 1 saturated heterocycles. The fourth-order valence-corrected chi connectivity index (χ4v) is 2.87. The first-order chi connectivity index (χ1) is 8.65. The van der Waals surface area contributed by atoms with Crippen LogP contribution < -0.4 is 0 Å². The molecule has 2 atom stereocenters. The lowest BCUT2D eigenvalue weighted by Gasteiger charge is -2.39. The summed E-state index contributed by atoms with van der Waals surface area (Å²) in [6.07, 6.45) is 4.55. The molecule has 1 fully saturated rings. The van der Waals surface area contributed by atoms with E-state index in [4.69, 9.17) is 5.11 Å². The van der Waals surface area contributed by atoms with Gasteiger partial charge in [-0.25, -0.2) is 0 Å². The van der Waals surface area contributed by atoms with Crippen LogP contribution in [0, 0.1) is 0 Å². The molecule has 106 valence electrons. The van der Waals surface area contributed by atoms with Crippen molar-refractivity contribution in [2.75, 3.05) is 26.2 Å². The first-order valence-electron chi connectivity index (χ1n) is 7.31. The van der Waals surface area contributed by atoms with Crippen molar-refractivity contribution >= 4 is 5.91 Å². The third-order valence-corrected chi connectivity index (χ3v) is 4.08. The minimum Gasteiger partial charge on any atom is -0.395 e. The molecule has 0 saturated carbocycles. The molecular weight excluding hydrogens is 228 g/mol. The molecule has 0 aliphatic carbocycles. The molecule has 0 radical (unpaired) electrons. The van der Waals surface area contributed by atoms with Gasteiger partial charge in [0.2, 0.25) is 5.91 Å². The number of hydrogen-bond donors (Lipinski definition) is 1. The van der Waals surface area contributed by atoms with Gasteiger partial charge >= 0.3 is 0 Å². The highest BCUT2D eigenvalue weighted by Gasteiger charge is 2.30. The van der Waals surface area contributed by atoms with Crippen LogP contribution in [0.5, 0.6) is 0 Å². The van der Waals surface area contributed by atoms with Gasteiger partial charge in [0, 0.05) is 19.1 Å². The molecule has 1 amide bonds. The van der Waals surface area contributed by atoms with E-state index in [-0.39, 0.29) is 18.6 Å². The summed E-state index contributed by atoms with van der Waals surface area (Å²) < 4.78 is 0. The van der Waals surface area contributed by atoms with E-state index in [1.54, 1.807) is 0 Å². The first-order valence-corrected chi connectivity index (χ1v) is 7.31. The molecule has 0 spiro atoms. The van der Waals surface area contributed by atoms with Gasteiger partial charge in [-0.05, 0) is 39.2 Å². The smallest absolute Gasteiger partial charge is 0.239 e. The van der Waals surface area contributed by atoms with E-state index >= 15 is 0 Å². The Morgan fingerprint density at radius 2 is 2.17 bits per heavy atom. The van der Waals surface area contributed by atoms with E-state index in [0.717, 1.165) is 32.4 Å².